The van der Waals surface area contributed by atoms with Gasteiger partial charge in [0.2, 0.25) is 11.8 Å². The van der Waals surface area contributed by atoms with E-state index in [9.17, 15) is 14.4 Å². The number of aliphatic carboxylic acids is 1. The van der Waals surface area contributed by atoms with Crippen molar-refractivity contribution in [1.82, 2.24) is 10.6 Å². The van der Waals surface area contributed by atoms with E-state index in [4.69, 9.17) is 5.11 Å². The lowest BCUT2D eigenvalue weighted by Gasteiger charge is -2.36. The molecule has 0 aromatic carbocycles. The molecule has 1 aliphatic carbocycles. The lowest BCUT2D eigenvalue weighted by molar-refractivity contribution is -0.141. The van der Waals surface area contributed by atoms with Gasteiger partial charge in [0.05, 0.1) is 12.3 Å². The van der Waals surface area contributed by atoms with Gasteiger partial charge in [0.15, 0.2) is 0 Å². The molecule has 2 aliphatic rings. The Morgan fingerprint density at radius 2 is 2.00 bits per heavy atom. The van der Waals surface area contributed by atoms with E-state index in [0.29, 0.717) is 25.9 Å². The number of nitrogens with one attached hydrogen (secondary N) is 2. The van der Waals surface area contributed by atoms with Crippen molar-refractivity contribution in [3.63, 3.8) is 0 Å². The molecule has 1 saturated carbocycles. The number of carbonyl (C=O) groups excluding carboxylic acids is 2. The minimum Gasteiger partial charge on any atom is -0.481 e. The van der Waals surface area contributed by atoms with Crippen LogP contribution in [0.1, 0.15) is 51.4 Å². The number of piperidine rings is 1. The Morgan fingerprint density at radius 1 is 1.29 bits per heavy atom. The van der Waals surface area contributed by atoms with E-state index < -0.39 is 5.97 Å². The summed E-state index contributed by atoms with van der Waals surface area (Å²) in [7, 11) is 0. The van der Waals surface area contributed by atoms with Crippen molar-refractivity contribution < 1.29 is 19.5 Å². The highest BCUT2D eigenvalue weighted by Crippen LogP contribution is 2.38. The van der Waals surface area contributed by atoms with Crippen LogP contribution in [0.2, 0.25) is 0 Å². The number of hydrogen-bond acceptors (Lipinski definition) is 3. The van der Waals surface area contributed by atoms with Crippen LogP contribution in [0.5, 0.6) is 0 Å². The van der Waals surface area contributed by atoms with E-state index in [2.05, 4.69) is 10.6 Å². The Balaban J connectivity index is 1.87. The van der Waals surface area contributed by atoms with Crippen LogP contribution < -0.4 is 10.6 Å². The van der Waals surface area contributed by atoms with Crippen LogP contribution in [0.15, 0.2) is 0 Å². The molecule has 1 aliphatic heterocycles. The number of hydrogen-bond donors (Lipinski definition) is 3. The van der Waals surface area contributed by atoms with Gasteiger partial charge in [-0.1, -0.05) is 19.3 Å². The lowest BCUT2D eigenvalue weighted by atomic mass is 9.71. The highest BCUT2D eigenvalue weighted by molar-refractivity contribution is 5.83. The summed E-state index contributed by atoms with van der Waals surface area (Å²) in [6.45, 7) is 0.819. The Labute approximate surface area is 124 Å². The highest BCUT2D eigenvalue weighted by Gasteiger charge is 2.35. The van der Waals surface area contributed by atoms with Gasteiger partial charge in [-0.15, -0.1) is 0 Å². The van der Waals surface area contributed by atoms with E-state index in [1.807, 2.05) is 0 Å². The number of carboxylic acids is 1. The fraction of sp³-hybridized carbons (Fsp3) is 0.800. The zero-order valence-corrected chi connectivity index (χ0v) is 12.3. The van der Waals surface area contributed by atoms with Crippen LogP contribution in [-0.2, 0) is 14.4 Å². The first-order valence-electron chi connectivity index (χ1n) is 7.77. The normalized spacial score (nSPS) is 25.0. The Hall–Kier alpha value is -1.59. The predicted octanol–water partition coefficient (Wildman–Crippen LogP) is 1.05. The van der Waals surface area contributed by atoms with Crippen LogP contribution in [0.3, 0.4) is 0 Å². The van der Waals surface area contributed by atoms with E-state index in [0.717, 1.165) is 32.1 Å². The molecule has 6 heteroatoms. The maximum absolute atomic E-state index is 12.2. The van der Waals surface area contributed by atoms with Crippen molar-refractivity contribution >= 4 is 17.8 Å². The van der Waals surface area contributed by atoms with E-state index >= 15 is 0 Å². The third kappa shape index (κ3) is 4.44. The predicted molar refractivity (Wildman–Crippen MR) is 76.5 cm³/mol. The molecule has 2 amide bonds. The minimum absolute atomic E-state index is 0.00585. The van der Waals surface area contributed by atoms with E-state index in [1.54, 1.807) is 0 Å². The van der Waals surface area contributed by atoms with Gasteiger partial charge in [0.25, 0.3) is 0 Å². The second-order valence-corrected chi connectivity index (χ2v) is 6.39. The van der Waals surface area contributed by atoms with Gasteiger partial charge in [0.1, 0.15) is 0 Å². The largest absolute Gasteiger partial charge is 0.481 e. The molecule has 0 bridgehead atoms. The maximum Gasteiger partial charge on any atom is 0.303 e. The highest BCUT2D eigenvalue weighted by atomic mass is 16.4. The van der Waals surface area contributed by atoms with Crippen LogP contribution >= 0.6 is 0 Å². The average molecular weight is 296 g/mol. The third-order valence-electron chi connectivity index (χ3n) is 4.71. The molecule has 1 heterocycles. The van der Waals surface area contributed by atoms with E-state index in [-0.39, 0.29) is 29.6 Å². The van der Waals surface area contributed by atoms with Crippen molar-refractivity contribution in [2.24, 2.45) is 11.3 Å². The minimum atomic E-state index is -0.795. The molecule has 2 fully saturated rings. The smallest absolute Gasteiger partial charge is 0.303 e. The average Bonchev–Trinajstić information content (AvgIpc) is 2.46. The SMILES string of the molecule is O=C(O)CC1(CNC(=O)C2CCC(=O)NC2)CCCCC1. The fourth-order valence-electron chi connectivity index (χ4n) is 3.41. The standard InChI is InChI=1S/C15H24N2O4/c18-12-5-4-11(9-16-12)14(21)17-10-15(8-13(19)20)6-2-1-3-7-15/h11H,1-10H2,(H,16,18)(H,17,21)(H,19,20). The van der Waals surface area contributed by atoms with Gasteiger partial charge < -0.3 is 15.7 Å². The molecule has 21 heavy (non-hydrogen) atoms. The molecule has 2 rings (SSSR count). The van der Waals surface area contributed by atoms with Crippen LogP contribution in [0.4, 0.5) is 0 Å². The Bertz CT molecular complexity index is 406. The molecule has 1 atom stereocenters. The second kappa shape index (κ2) is 6.91. The van der Waals surface area contributed by atoms with Crippen molar-refractivity contribution in [3.8, 4) is 0 Å². The van der Waals surface area contributed by atoms with Gasteiger partial charge in [-0.25, -0.2) is 0 Å². The van der Waals surface area contributed by atoms with Gasteiger partial charge in [-0.05, 0) is 24.7 Å². The molecule has 1 unspecified atom stereocenters. The summed E-state index contributed by atoms with van der Waals surface area (Å²) in [6.07, 6.45) is 6.01. The number of carbonyl (C=O) groups is 3. The number of carboxylic acid groups (broad SMARTS) is 1. The lowest BCUT2D eigenvalue weighted by Crippen LogP contribution is -2.46. The summed E-state index contributed by atoms with van der Waals surface area (Å²) < 4.78 is 0. The fourth-order valence-corrected chi connectivity index (χ4v) is 3.41. The van der Waals surface area contributed by atoms with Crippen molar-refractivity contribution in [2.45, 2.75) is 51.4 Å². The molecule has 0 aromatic rings. The first-order chi connectivity index (χ1) is 10.0. The molecule has 0 aromatic heterocycles. The quantitative estimate of drug-likeness (QED) is 0.706. The summed E-state index contributed by atoms with van der Waals surface area (Å²) in [4.78, 5) is 34.4. The van der Waals surface area contributed by atoms with Gasteiger partial charge in [-0.2, -0.15) is 0 Å². The zero-order valence-electron chi connectivity index (χ0n) is 12.3. The molecule has 3 N–H and O–H groups in total. The zero-order chi connectivity index (χ0) is 15.3. The maximum atomic E-state index is 12.2. The molecule has 0 radical (unpaired) electrons. The second-order valence-electron chi connectivity index (χ2n) is 6.39. The van der Waals surface area contributed by atoms with Gasteiger partial charge >= 0.3 is 5.97 Å². The Kier molecular flexibility index (Phi) is 5.20. The summed E-state index contributed by atoms with van der Waals surface area (Å²) in [5, 5.41) is 14.7. The third-order valence-corrected chi connectivity index (χ3v) is 4.71. The summed E-state index contributed by atoms with van der Waals surface area (Å²) in [5.74, 6) is -1.05. The van der Waals surface area contributed by atoms with Crippen LogP contribution in [-0.4, -0.2) is 36.0 Å². The molecule has 118 valence electrons. The van der Waals surface area contributed by atoms with Crippen LogP contribution in [0, 0.1) is 11.3 Å². The topological polar surface area (TPSA) is 95.5 Å². The van der Waals surface area contributed by atoms with Crippen molar-refractivity contribution in [1.29, 1.82) is 0 Å². The number of rotatable bonds is 5. The summed E-state index contributed by atoms with van der Waals surface area (Å²) >= 11 is 0. The first-order valence-corrected chi connectivity index (χ1v) is 7.77. The molecular formula is C15H24N2O4. The summed E-state index contributed by atoms with van der Waals surface area (Å²) in [5.41, 5.74) is -0.294. The van der Waals surface area contributed by atoms with Gasteiger partial charge in [0, 0.05) is 19.5 Å². The molecule has 6 nitrogen and oxygen atoms in total. The van der Waals surface area contributed by atoms with E-state index in [1.165, 1.54) is 0 Å². The monoisotopic (exact) mass is 296 g/mol. The molecular weight excluding hydrogens is 272 g/mol. The Morgan fingerprint density at radius 3 is 2.57 bits per heavy atom. The summed E-state index contributed by atoms with van der Waals surface area (Å²) in [6, 6.07) is 0. The number of amides is 2. The van der Waals surface area contributed by atoms with Crippen molar-refractivity contribution in [3.05, 3.63) is 0 Å². The van der Waals surface area contributed by atoms with Gasteiger partial charge in [-0.3, -0.25) is 14.4 Å². The molecule has 1 saturated heterocycles. The first kappa shape index (κ1) is 15.8. The van der Waals surface area contributed by atoms with Crippen molar-refractivity contribution in [2.75, 3.05) is 13.1 Å². The molecule has 0 spiro atoms. The van der Waals surface area contributed by atoms with Crippen LogP contribution in [0.25, 0.3) is 0 Å².